The van der Waals surface area contributed by atoms with Gasteiger partial charge in [-0.05, 0) is 49.1 Å². The molecular formula is C21H19N3O4. The second-order valence-corrected chi connectivity index (χ2v) is 6.76. The minimum Gasteiger partial charge on any atom is -0.402 e. The number of nitro benzene ring substituents is 1. The summed E-state index contributed by atoms with van der Waals surface area (Å²) in [4.78, 5) is 29.7. The van der Waals surface area contributed by atoms with Crippen molar-refractivity contribution in [2.24, 2.45) is 4.99 Å². The highest BCUT2D eigenvalue weighted by atomic mass is 16.6. The lowest BCUT2D eigenvalue weighted by Gasteiger charge is -2.28. The number of ether oxygens (including phenoxy) is 1. The SMILES string of the molecule is O=C1OC(c2ccccc2)=N/C1=C/c1ccc(N2CCCCC2)c([N+](=O)[O-])c1. The van der Waals surface area contributed by atoms with Crippen molar-refractivity contribution in [2.45, 2.75) is 19.3 Å². The lowest BCUT2D eigenvalue weighted by Crippen LogP contribution is -2.29. The number of esters is 1. The van der Waals surface area contributed by atoms with Crippen LogP contribution >= 0.6 is 0 Å². The number of nitro groups is 1. The smallest absolute Gasteiger partial charge is 0.363 e. The molecule has 142 valence electrons. The van der Waals surface area contributed by atoms with Crippen molar-refractivity contribution < 1.29 is 14.5 Å². The number of carbonyl (C=O) groups is 1. The molecule has 2 aliphatic heterocycles. The molecule has 1 fully saturated rings. The first-order chi connectivity index (χ1) is 13.6. The van der Waals surface area contributed by atoms with E-state index < -0.39 is 5.97 Å². The van der Waals surface area contributed by atoms with Crippen molar-refractivity contribution in [3.63, 3.8) is 0 Å². The lowest BCUT2D eigenvalue weighted by atomic mass is 10.1. The summed E-state index contributed by atoms with van der Waals surface area (Å²) < 4.78 is 5.23. The third-order valence-electron chi connectivity index (χ3n) is 4.84. The van der Waals surface area contributed by atoms with Crippen LogP contribution in [0.25, 0.3) is 6.08 Å². The Morgan fingerprint density at radius 1 is 1.07 bits per heavy atom. The first kappa shape index (κ1) is 17.9. The van der Waals surface area contributed by atoms with Crippen molar-refractivity contribution in [3.05, 3.63) is 75.5 Å². The number of anilines is 1. The standard InChI is InChI=1S/C21H19N3O4/c25-21-17(22-20(28-21)16-7-3-1-4-8-16)13-15-9-10-18(19(14-15)24(26)27)23-11-5-2-6-12-23/h1,3-4,7-10,13-14H,2,5-6,11-12H2/b17-13+. The van der Waals surface area contributed by atoms with Gasteiger partial charge in [-0.2, -0.15) is 0 Å². The Balaban J connectivity index is 1.65. The number of aliphatic imine (C=N–C) groups is 1. The molecule has 2 aliphatic rings. The average Bonchev–Trinajstić information content (AvgIpc) is 3.09. The van der Waals surface area contributed by atoms with Crippen LogP contribution in [0.2, 0.25) is 0 Å². The first-order valence-corrected chi connectivity index (χ1v) is 9.23. The van der Waals surface area contributed by atoms with Crippen molar-refractivity contribution in [2.75, 3.05) is 18.0 Å². The Bertz CT molecular complexity index is 976. The number of carbonyl (C=O) groups excluding carboxylic acids is 1. The Morgan fingerprint density at radius 3 is 2.54 bits per heavy atom. The Hall–Kier alpha value is -3.48. The second kappa shape index (κ2) is 7.64. The molecule has 2 aromatic rings. The molecule has 1 saturated heterocycles. The van der Waals surface area contributed by atoms with Crippen LogP contribution in [-0.2, 0) is 9.53 Å². The highest BCUT2D eigenvalue weighted by Gasteiger charge is 2.25. The van der Waals surface area contributed by atoms with Crippen LogP contribution in [0.15, 0.2) is 59.2 Å². The van der Waals surface area contributed by atoms with E-state index in [4.69, 9.17) is 4.74 Å². The van der Waals surface area contributed by atoms with E-state index >= 15 is 0 Å². The number of hydrogen-bond acceptors (Lipinski definition) is 6. The van der Waals surface area contributed by atoms with Gasteiger partial charge in [0.1, 0.15) is 5.69 Å². The number of nitrogens with zero attached hydrogens (tertiary/aromatic N) is 3. The van der Waals surface area contributed by atoms with Crippen LogP contribution in [0.5, 0.6) is 0 Å². The molecule has 0 bridgehead atoms. The van der Waals surface area contributed by atoms with Crippen molar-refractivity contribution in [1.82, 2.24) is 0 Å². The number of cyclic esters (lactones) is 1. The molecule has 0 saturated carbocycles. The minimum absolute atomic E-state index is 0.0369. The molecule has 0 aliphatic carbocycles. The van der Waals surface area contributed by atoms with E-state index in [9.17, 15) is 14.9 Å². The fraction of sp³-hybridized carbons (Fsp3) is 0.238. The Morgan fingerprint density at radius 2 is 1.82 bits per heavy atom. The minimum atomic E-state index is -0.568. The quantitative estimate of drug-likeness (QED) is 0.349. The van der Waals surface area contributed by atoms with Crippen LogP contribution in [0, 0.1) is 10.1 Å². The lowest BCUT2D eigenvalue weighted by molar-refractivity contribution is -0.384. The van der Waals surface area contributed by atoms with Gasteiger partial charge < -0.3 is 9.64 Å². The molecule has 4 rings (SSSR count). The zero-order chi connectivity index (χ0) is 19.5. The summed E-state index contributed by atoms with van der Waals surface area (Å²) in [5, 5.41) is 11.6. The molecule has 0 radical (unpaired) electrons. The van der Waals surface area contributed by atoms with Crippen molar-refractivity contribution in [1.29, 1.82) is 0 Å². The summed E-state index contributed by atoms with van der Waals surface area (Å²) in [5.74, 6) is -0.335. The third kappa shape index (κ3) is 3.64. The van der Waals surface area contributed by atoms with E-state index in [1.807, 2.05) is 23.1 Å². The van der Waals surface area contributed by atoms with Crippen molar-refractivity contribution >= 4 is 29.3 Å². The van der Waals surface area contributed by atoms with Crippen LogP contribution in [0.1, 0.15) is 30.4 Å². The van der Waals surface area contributed by atoms with E-state index in [1.54, 1.807) is 24.3 Å². The normalized spacial score (nSPS) is 18.1. The van der Waals surface area contributed by atoms with Gasteiger partial charge in [-0.1, -0.05) is 24.3 Å². The fourth-order valence-electron chi connectivity index (χ4n) is 3.45. The Kier molecular flexibility index (Phi) is 4.89. The topological polar surface area (TPSA) is 85.0 Å². The maximum Gasteiger partial charge on any atom is 0.363 e. The highest BCUT2D eigenvalue weighted by molar-refractivity contribution is 6.12. The zero-order valence-corrected chi connectivity index (χ0v) is 15.2. The number of hydrogen-bond donors (Lipinski definition) is 0. The van der Waals surface area contributed by atoms with Gasteiger partial charge in [-0.25, -0.2) is 9.79 Å². The van der Waals surface area contributed by atoms with Gasteiger partial charge in [-0.15, -0.1) is 0 Å². The summed E-state index contributed by atoms with van der Waals surface area (Å²) in [5.41, 5.74) is 2.02. The third-order valence-corrected chi connectivity index (χ3v) is 4.84. The predicted molar refractivity (Wildman–Crippen MR) is 106 cm³/mol. The molecule has 0 aromatic heterocycles. The molecule has 0 unspecified atom stereocenters. The molecule has 2 heterocycles. The second-order valence-electron chi connectivity index (χ2n) is 6.76. The van der Waals surface area contributed by atoms with Crippen LogP contribution in [0.3, 0.4) is 0 Å². The first-order valence-electron chi connectivity index (χ1n) is 9.23. The van der Waals surface area contributed by atoms with Gasteiger partial charge in [-0.3, -0.25) is 10.1 Å². The molecule has 0 N–H and O–H groups in total. The molecule has 2 aromatic carbocycles. The molecule has 0 spiro atoms. The van der Waals surface area contributed by atoms with Gasteiger partial charge in [0, 0.05) is 24.7 Å². The van der Waals surface area contributed by atoms with Gasteiger partial charge in [0.25, 0.3) is 5.69 Å². The molecular weight excluding hydrogens is 358 g/mol. The molecule has 7 heteroatoms. The van der Waals surface area contributed by atoms with Gasteiger partial charge in [0.15, 0.2) is 5.70 Å². The molecule has 7 nitrogen and oxygen atoms in total. The Labute approximate surface area is 162 Å². The summed E-state index contributed by atoms with van der Waals surface area (Å²) in [7, 11) is 0. The summed E-state index contributed by atoms with van der Waals surface area (Å²) in [6.07, 6.45) is 4.74. The summed E-state index contributed by atoms with van der Waals surface area (Å²) >= 11 is 0. The summed E-state index contributed by atoms with van der Waals surface area (Å²) in [6.45, 7) is 1.64. The number of benzene rings is 2. The van der Waals surface area contributed by atoms with E-state index in [0.29, 0.717) is 16.8 Å². The number of piperidine rings is 1. The monoisotopic (exact) mass is 377 g/mol. The van der Waals surface area contributed by atoms with Crippen LogP contribution in [0.4, 0.5) is 11.4 Å². The maximum absolute atomic E-state index is 12.1. The predicted octanol–water partition coefficient (Wildman–Crippen LogP) is 3.93. The van der Waals surface area contributed by atoms with E-state index in [-0.39, 0.29) is 22.2 Å². The van der Waals surface area contributed by atoms with Gasteiger partial charge >= 0.3 is 5.97 Å². The van der Waals surface area contributed by atoms with E-state index in [0.717, 1.165) is 32.4 Å². The summed E-state index contributed by atoms with van der Waals surface area (Å²) in [6, 6.07) is 14.1. The van der Waals surface area contributed by atoms with Crippen LogP contribution < -0.4 is 4.90 Å². The number of rotatable bonds is 4. The van der Waals surface area contributed by atoms with E-state index in [1.165, 1.54) is 12.1 Å². The molecule has 0 amide bonds. The van der Waals surface area contributed by atoms with Crippen molar-refractivity contribution in [3.8, 4) is 0 Å². The van der Waals surface area contributed by atoms with E-state index in [2.05, 4.69) is 4.99 Å². The van der Waals surface area contributed by atoms with Gasteiger partial charge in [0.05, 0.1) is 4.92 Å². The molecule has 0 atom stereocenters. The zero-order valence-electron chi connectivity index (χ0n) is 15.2. The van der Waals surface area contributed by atoms with Crippen LogP contribution in [-0.4, -0.2) is 29.9 Å². The maximum atomic E-state index is 12.1. The highest BCUT2D eigenvalue weighted by Crippen LogP contribution is 2.32. The fourth-order valence-corrected chi connectivity index (χ4v) is 3.45. The largest absolute Gasteiger partial charge is 0.402 e. The van der Waals surface area contributed by atoms with Gasteiger partial charge in [0.2, 0.25) is 5.90 Å². The average molecular weight is 377 g/mol. The molecule has 28 heavy (non-hydrogen) atoms.